The Morgan fingerprint density at radius 2 is 1.59 bits per heavy atom. The van der Waals surface area contributed by atoms with Gasteiger partial charge in [-0.1, -0.05) is 71.6 Å². The minimum atomic E-state index is -0.101. The number of fused-ring (bicyclic) bond motifs is 1. The fourth-order valence-electron chi connectivity index (χ4n) is 6.98. The number of piperidine rings is 1. The first kappa shape index (κ1) is 30.0. The van der Waals surface area contributed by atoms with Crippen LogP contribution in [-0.2, 0) is 10.8 Å². The zero-order valence-corrected chi connectivity index (χ0v) is 25.0. The minimum absolute atomic E-state index is 0.0703. The van der Waals surface area contributed by atoms with Gasteiger partial charge in [0.15, 0.2) is 0 Å². The summed E-state index contributed by atoms with van der Waals surface area (Å²) in [5.41, 5.74) is 11.6. The molecule has 0 amide bonds. The fourth-order valence-corrected chi connectivity index (χ4v) is 6.98. The Balaban J connectivity index is 1.43. The molecule has 5 heteroatoms. The van der Waals surface area contributed by atoms with Crippen molar-refractivity contribution >= 4 is 5.82 Å². The standard InChI is InChI=1S/C34H53N3O2/c1-33(2)18-19-34(3,4)30-23-27(14-15-29(30)33)31-12-8-13-32(36-31)37-20-16-26(17-21-37)25(9-5-6-22-38)10-7-11-28(35)24-39/h8,12-15,23,25-26,28,38-39H,5-7,9-11,16-22,24,35H2,1-4H3. The molecule has 5 nitrogen and oxygen atoms in total. The molecule has 0 spiro atoms. The highest BCUT2D eigenvalue weighted by molar-refractivity contribution is 5.65. The van der Waals surface area contributed by atoms with Crippen molar-refractivity contribution in [1.29, 1.82) is 0 Å². The number of hydrogen-bond donors (Lipinski definition) is 3. The van der Waals surface area contributed by atoms with Crippen LogP contribution in [0.2, 0.25) is 0 Å². The van der Waals surface area contributed by atoms with Crippen LogP contribution in [-0.4, -0.2) is 47.5 Å². The molecule has 2 unspecified atom stereocenters. The highest BCUT2D eigenvalue weighted by atomic mass is 16.3. The number of nitrogens with two attached hydrogens (primary N) is 1. The number of hydrogen-bond acceptors (Lipinski definition) is 5. The molecule has 39 heavy (non-hydrogen) atoms. The predicted octanol–water partition coefficient (Wildman–Crippen LogP) is 6.58. The zero-order chi connectivity index (χ0) is 28.0. The van der Waals surface area contributed by atoms with E-state index in [-0.39, 0.29) is 30.1 Å². The third kappa shape index (κ3) is 7.42. The highest BCUT2D eigenvalue weighted by Crippen LogP contribution is 2.46. The molecule has 1 aliphatic carbocycles. The minimum Gasteiger partial charge on any atom is -0.396 e. The number of aliphatic hydroxyl groups is 2. The largest absolute Gasteiger partial charge is 0.396 e. The van der Waals surface area contributed by atoms with Crippen molar-refractivity contribution in [3.63, 3.8) is 0 Å². The molecule has 1 aliphatic heterocycles. The summed E-state index contributed by atoms with van der Waals surface area (Å²) in [7, 11) is 0. The van der Waals surface area contributed by atoms with E-state index in [1.165, 1.54) is 55.2 Å². The van der Waals surface area contributed by atoms with Crippen molar-refractivity contribution in [1.82, 2.24) is 4.98 Å². The van der Waals surface area contributed by atoms with Crippen LogP contribution in [0.3, 0.4) is 0 Å². The maximum absolute atomic E-state index is 9.28. The molecule has 216 valence electrons. The Kier molecular flexibility index (Phi) is 10.1. The number of aromatic nitrogens is 1. The third-order valence-corrected chi connectivity index (χ3v) is 9.78. The lowest BCUT2D eigenvalue weighted by Crippen LogP contribution is -2.37. The smallest absolute Gasteiger partial charge is 0.129 e. The van der Waals surface area contributed by atoms with Gasteiger partial charge in [-0.3, -0.25) is 0 Å². The summed E-state index contributed by atoms with van der Waals surface area (Å²) in [6, 6.07) is 13.4. The second kappa shape index (κ2) is 13.1. The van der Waals surface area contributed by atoms with E-state index in [1.807, 2.05) is 0 Å². The Morgan fingerprint density at radius 3 is 2.28 bits per heavy atom. The summed E-state index contributed by atoms with van der Waals surface area (Å²) in [6.45, 7) is 12.0. The normalized spacial score (nSPS) is 20.4. The first-order valence-electron chi connectivity index (χ1n) is 15.5. The van der Waals surface area contributed by atoms with E-state index in [2.05, 4.69) is 69.0 Å². The second-order valence-electron chi connectivity index (χ2n) is 13.6. The van der Waals surface area contributed by atoms with Gasteiger partial charge in [-0.15, -0.1) is 0 Å². The maximum Gasteiger partial charge on any atom is 0.129 e. The van der Waals surface area contributed by atoms with Crippen molar-refractivity contribution in [3.05, 3.63) is 47.5 Å². The number of nitrogens with zero attached hydrogens (tertiary/aromatic N) is 2. The van der Waals surface area contributed by atoms with Gasteiger partial charge in [0, 0.05) is 31.3 Å². The quantitative estimate of drug-likeness (QED) is 0.267. The molecule has 2 aliphatic rings. The van der Waals surface area contributed by atoms with Crippen LogP contribution in [0.4, 0.5) is 5.82 Å². The van der Waals surface area contributed by atoms with Crippen molar-refractivity contribution in [3.8, 4) is 11.3 Å². The number of rotatable bonds is 12. The van der Waals surface area contributed by atoms with Gasteiger partial charge in [-0.05, 0) is 90.5 Å². The topological polar surface area (TPSA) is 82.6 Å². The molecular weight excluding hydrogens is 482 g/mol. The SMILES string of the molecule is CC1(C)CCC(C)(C)c2cc(-c3cccc(N4CCC(C(CCCCO)CCCC(N)CO)CC4)n3)ccc21. The van der Waals surface area contributed by atoms with E-state index in [0.717, 1.165) is 50.3 Å². The van der Waals surface area contributed by atoms with E-state index in [1.54, 1.807) is 0 Å². The van der Waals surface area contributed by atoms with Gasteiger partial charge in [0.25, 0.3) is 0 Å². The van der Waals surface area contributed by atoms with Crippen LogP contribution < -0.4 is 10.6 Å². The summed E-state index contributed by atoms with van der Waals surface area (Å²) in [4.78, 5) is 7.64. The Morgan fingerprint density at radius 1 is 0.897 bits per heavy atom. The van der Waals surface area contributed by atoms with Gasteiger partial charge in [0.05, 0.1) is 12.3 Å². The van der Waals surface area contributed by atoms with Gasteiger partial charge in [-0.2, -0.15) is 0 Å². The molecule has 0 radical (unpaired) electrons. The number of aliphatic hydroxyl groups excluding tert-OH is 2. The molecule has 1 fully saturated rings. The average molecular weight is 536 g/mol. The van der Waals surface area contributed by atoms with Crippen molar-refractivity contribution in [2.45, 2.75) is 109 Å². The average Bonchev–Trinajstić information content (AvgIpc) is 2.94. The van der Waals surface area contributed by atoms with E-state index in [0.29, 0.717) is 11.8 Å². The van der Waals surface area contributed by atoms with Crippen molar-refractivity contribution < 1.29 is 10.2 Å². The third-order valence-electron chi connectivity index (χ3n) is 9.78. The van der Waals surface area contributed by atoms with Crippen LogP contribution in [0.15, 0.2) is 36.4 Å². The highest BCUT2D eigenvalue weighted by Gasteiger charge is 2.37. The maximum atomic E-state index is 9.28. The predicted molar refractivity (Wildman–Crippen MR) is 163 cm³/mol. The van der Waals surface area contributed by atoms with Crippen LogP contribution in [0.25, 0.3) is 11.3 Å². The Labute approximate surface area is 237 Å². The van der Waals surface area contributed by atoms with E-state index >= 15 is 0 Å². The van der Waals surface area contributed by atoms with Gasteiger partial charge >= 0.3 is 0 Å². The van der Waals surface area contributed by atoms with Crippen LogP contribution in [0, 0.1) is 11.8 Å². The van der Waals surface area contributed by atoms with E-state index < -0.39 is 0 Å². The number of benzene rings is 1. The summed E-state index contributed by atoms with van der Waals surface area (Å²) in [5, 5.41) is 18.6. The number of unbranched alkanes of at least 4 members (excludes halogenated alkanes) is 1. The van der Waals surface area contributed by atoms with Crippen LogP contribution in [0.5, 0.6) is 0 Å². The molecular formula is C34H53N3O2. The Bertz CT molecular complexity index is 1060. The molecule has 4 N–H and O–H groups in total. The van der Waals surface area contributed by atoms with Crippen molar-refractivity contribution in [2.75, 3.05) is 31.2 Å². The van der Waals surface area contributed by atoms with Gasteiger partial charge in [0.2, 0.25) is 0 Å². The number of anilines is 1. The summed E-state index contributed by atoms with van der Waals surface area (Å²) in [5.74, 6) is 2.47. The molecule has 1 aromatic carbocycles. The molecule has 4 rings (SSSR count). The molecule has 1 aromatic heterocycles. The van der Waals surface area contributed by atoms with Crippen LogP contribution >= 0.6 is 0 Å². The van der Waals surface area contributed by atoms with Gasteiger partial charge < -0.3 is 20.8 Å². The fraction of sp³-hybridized carbons (Fsp3) is 0.676. The first-order chi connectivity index (χ1) is 18.6. The monoisotopic (exact) mass is 535 g/mol. The Hall–Kier alpha value is -1.95. The molecule has 0 saturated carbocycles. The van der Waals surface area contributed by atoms with E-state index in [9.17, 15) is 10.2 Å². The molecule has 2 heterocycles. The number of pyridine rings is 1. The van der Waals surface area contributed by atoms with E-state index in [4.69, 9.17) is 10.7 Å². The molecule has 2 aromatic rings. The lowest BCUT2D eigenvalue weighted by Gasteiger charge is -2.42. The first-order valence-corrected chi connectivity index (χ1v) is 15.5. The summed E-state index contributed by atoms with van der Waals surface area (Å²) < 4.78 is 0. The van der Waals surface area contributed by atoms with Crippen molar-refractivity contribution in [2.24, 2.45) is 17.6 Å². The second-order valence-corrected chi connectivity index (χ2v) is 13.6. The molecule has 0 bridgehead atoms. The van der Waals surface area contributed by atoms with Gasteiger partial charge in [0.1, 0.15) is 5.82 Å². The zero-order valence-electron chi connectivity index (χ0n) is 25.0. The summed E-state index contributed by atoms with van der Waals surface area (Å²) in [6.07, 6.45) is 11.1. The molecule has 2 atom stereocenters. The lowest BCUT2D eigenvalue weighted by molar-refractivity contribution is 0.215. The van der Waals surface area contributed by atoms with Crippen LogP contribution in [0.1, 0.15) is 103 Å². The molecule has 1 saturated heterocycles. The summed E-state index contributed by atoms with van der Waals surface area (Å²) >= 11 is 0. The van der Waals surface area contributed by atoms with Gasteiger partial charge in [-0.25, -0.2) is 4.98 Å². The lowest BCUT2D eigenvalue weighted by atomic mass is 9.63.